The van der Waals surface area contributed by atoms with Crippen molar-refractivity contribution < 1.29 is 18.1 Å². The number of fused-ring (bicyclic) bond motifs is 1. The lowest BCUT2D eigenvalue weighted by Crippen LogP contribution is -2.08. The number of hydrogen-bond acceptors (Lipinski definition) is 5. The third kappa shape index (κ3) is 3.15. The maximum absolute atomic E-state index is 13.1. The number of nitro groups is 1. The average Bonchev–Trinajstić information content (AvgIpc) is 3.13. The summed E-state index contributed by atoms with van der Waals surface area (Å²) in [5.74, 6) is -1.59. The standard InChI is InChI=1S/C18H10F3N5O2/c19-18(20,21)16-23-17-22-14(11-5-2-1-3-6-11)10-15(25(17)24-16)12-7-4-8-13(9-12)26(27)28/h1-10H. The highest BCUT2D eigenvalue weighted by Gasteiger charge is 2.37. The molecule has 10 heteroatoms. The number of nitrogens with zero attached hydrogens (tertiary/aromatic N) is 5. The van der Waals surface area contributed by atoms with Gasteiger partial charge in [0.25, 0.3) is 17.3 Å². The van der Waals surface area contributed by atoms with Crippen molar-refractivity contribution in [1.29, 1.82) is 0 Å². The molecule has 140 valence electrons. The maximum atomic E-state index is 13.1. The number of nitro benzene ring substituents is 1. The van der Waals surface area contributed by atoms with E-state index in [9.17, 15) is 23.3 Å². The monoisotopic (exact) mass is 385 g/mol. The maximum Gasteiger partial charge on any atom is 0.453 e. The van der Waals surface area contributed by atoms with E-state index in [-0.39, 0.29) is 17.2 Å². The first kappa shape index (κ1) is 17.6. The Morgan fingerprint density at radius 2 is 1.64 bits per heavy atom. The molecule has 2 heterocycles. The van der Waals surface area contributed by atoms with Crippen LogP contribution in [0, 0.1) is 10.1 Å². The molecule has 0 N–H and O–H groups in total. The van der Waals surface area contributed by atoms with E-state index < -0.39 is 16.9 Å². The normalized spacial score (nSPS) is 11.7. The Balaban J connectivity index is 2.01. The molecule has 4 aromatic rings. The van der Waals surface area contributed by atoms with Crippen LogP contribution in [-0.4, -0.2) is 24.5 Å². The number of alkyl halides is 3. The molecule has 0 atom stereocenters. The van der Waals surface area contributed by atoms with Gasteiger partial charge in [0.15, 0.2) is 0 Å². The predicted molar refractivity (Wildman–Crippen MR) is 93.3 cm³/mol. The molecular formula is C18H10F3N5O2. The lowest BCUT2D eigenvalue weighted by atomic mass is 10.1. The van der Waals surface area contributed by atoms with Crippen LogP contribution >= 0.6 is 0 Å². The van der Waals surface area contributed by atoms with Gasteiger partial charge in [-0.1, -0.05) is 42.5 Å². The van der Waals surface area contributed by atoms with Gasteiger partial charge in [0, 0.05) is 23.3 Å². The second kappa shape index (κ2) is 6.41. The fourth-order valence-corrected chi connectivity index (χ4v) is 2.73. The number of benzene rings is 2. The highest BCUT2D eigenvalue weighted by molar-refractivity contribution is 5.71. The van der Waals surface area contributed by atoms with Crippen LogP contribution in [0.15, 0.2) is 60.7 Å². The lowest BCUT2D eigenvalue weighted by molar-refractivity contribution is -0.384. The van der Waals surface area contributed by atoms with Gasteiger partial charge in [-0.25, -0.2) is 4.98 Å². The third-order valence-electron chi connectivity index (χ3n) is 3.99. The van der Waals surface area contributed by atoms with Crippen LogP contribution in [0.4, 0.5) is 18.9 Å². The van der Waals surface area contributed by atoms with Crippen LogP contribution in [0.2, 0.25) is 0 Å². The third-order valence-corrected chi connectivity index (χ3v) is 3.99. The van der Waals surface area contributed by atoms with Gasteiger partial charge in [-0.05, 0) is 6.07 Å². The summed E-state index contributed by atoms with van der Waals surface area (Å²) >= 11 is 0. The van der Waals surface area contributed by atoms with Crippen molar-refractivity contribution in [3.05, 3.63) is 76.6 Å². The van der Waals surface area contributed by atoms with E-state index >= 15 is 0 Å². The fourth-order valence-electron chi connectivity index (χ4n) is 2.73. The summed E-state index contributed by atoms with van der Waals surface area (Å²) in [4.78, 5) is 18.2. The number of halogens is 3. The van der Waals surface area contributed by atoms with E-state index in [4.69, 9.17) is 0 Å². The van der Waals surface area contributed by atoms with Crippen molar-refractivity contribution in [3.63, 3.8) is 0 Å². The Morgan fingerprint density at radius 3 is 2.32 bits per heavy atom. The predicted octanol–water partition coefficient (Wildman–Crippen LogP) is 4.39. The van der Waals surface area contributed by atoms with Crippen molar-refractivity contribution in [3.8, 4) is 22.5 Å². The Kier molecular flexibility index (Phi) is 4.03. The zero-order chi connectivity index (χ0) is 19.9. The second-order valence-corrected chi connectivity index (χ2v) is 5.85. The minimum Gasteiger partial charge on any atom is -0.258 e. The molecule has 0 saturated carbocycles. The first-order valence-electron chi connectivity index (χ1n) is 7.98. The Labute approximate surface area is 155 Å². The van der Waals surface area contributed by atoms with Crippen LogP contribution in [0.1, 0.15) is 5.82 Å². The molecule has 0 fully saturated rings. The Morgan fingerprint density at radius 1 is 0.929 bits per heavy atom. The van der Waals surface area contributed by atoms with Gasteiger partial charge in [-0.2, -0.15) is 22.7 Å². The quantitative estimate of drug-likeness (QED) is 0.386. The number of rotatable bonds is 3. The van der Waals surface area contributed by atoms with Crippen LogP contribution in [-0.2, 0) is 6.18 Å². The first-order chi connectivity index (χ1) is 13.3. The topological polar surface area (TPSA) is 86.2 Å². The molecule has 28 heavy (non-hydrogen) atoms. The molecule has 7 nitrogen and oxygen atoms in total. The van der Waals surface area contributed by atoms with E-state index in [1.165, 1.54) is 24.3 Å². The van der Waals surface area contributed by atoms with Crippen molar-refractivity contribution in [2.75, 3.05) is 0 Å². The summed E-state index contributed by atoms with van der Waals surface area (Å²) in [6, 6.07) is 15.9. The van der Waals surface area contributed by atoms with E-state index in [1.54, 1.807) is 36.4 Å². The SMILES string of the molecule is O=[N+]([O-])c1cccc(-c2cc(-c3ccccc3)nc3nc(C(F)(F)F)nn23)c1. The smallest absolute Gasteiger partial charge is 0.258 e. The molecule has 2 aromatic heterocycles. The highest BCUT2D eigenvalue weighted by atomic mass is 19.4. The number of non-ortho nitro benzene ring substituents is 1. The molecule has 0 unspecified atom stereocenters. The van der Waals surface area contributed by atoms with Crippen molar-refractivity contribution in [2.24, 2.45) is 0 Å². The van der Waals surface area contributed by atoms with Gasteiger partial charge in [0.2, 0.25) is 0 Å². The minimum absolute atomic E-state index is 0.195. The number of aromatic nitrogens is 4. The summed E-state index contributed by atoms with van der Waals surface area (Å²) in [6.07, 6.45) is -4.75. The van der Waals surface area contributed by atoms with E-state index in [2.05, 4.69) is 15.1 Å². The van der Waals surface area contributed by atoms with Gasteiger partial charge in [-0.15, -0.1) is 5.10 Å². The summed E-state index contributed by atoms with van der Waals surface area (Å²) in [5.41, 5.74) is 1.36. The zero-order valence-electron chi connectivity index (χ0n) is 14.0. The van der Waals surface area contributed by atoms with E-state index in [0.29, 0.717) is 16.8 Å². The van der Waals surface area contributed by atoms with Crippen LogP contribution in [0.25, 0.3) is 28.3 Å². The van der Waals surface area contributed by atoms with Gasteiger partial charge in [0.05, 0.1) is 16.3 Å². The van der Waals surface area contributed by atoms with E-state index in [0.717, 1.165) is 4.52 Å². The molecule has 0 saturated heterocycles. The van der Waals surface area contributed by atoms with Crippen LogP contribution in [0.5, 0.6) is 0 Å². The number of hydrogen-bond donors (Lipinski definition) is 0. The van der Waals surface area contributed by atoms with Gasteiger partial charge >= 0.3 is 6.18 Å². The molecule has 0 aliphatic carbocycles. The van der Waals surface area contributed by atoms with Crippen molar-refractivity contribution in [2.45, 2.75) is 6.18 Å². The molecule has 0 radical (unpaired) electrons. The summed E-state index contributed by atoms with van der Waals surface area (Å²) in [7, 11) is 0. The molecule has 0 spiro atoms. The fraction of sp³-hybridized carbons (Fsp3) is 0.0556. The summed E-state index contributed by atoms with van der Waals surface area (Å²) in [5, 5.41) is 14.6. The van der Waals surface area contributed by atoms with E-state index in [1.807, 2.05) is 0 Å². The molecule has 0 amide bonds. The molecule has 0 aliphatic heterocycles. The van der Waals surface area contributed by atoms with Crippen molar-refractivity contribution >= 4 is 11.5 Å². The van der Waals surface area contributed by atoms with Gasteiger partial charge in [-0.3, -0.25) is 10.1 Å². The summed E-state index contributed by atoms with van der Waals surface area (Å²) in [6.45, 7) is 0. The minimum atomic E-state index is -4.75. The Hall–Kier alpha value is -3.82. The zero-order valence-corrected chi connectivity index (χ0v) is 14.0. The lowest BCUT2D eigenvalue weighted by Gasteiger charge is -2.08. The largest absolute Gasteiger partial charge is 0.453 e. The molecule has 2 aromatic carbocycles. The van der Waals surface area contributed by atoms with Crippen molar-refractivity contribution in [1.82, 2.24) is 19.6 Å². The average molecular weight is 385 g/mol. The van der Waals surface area contributed by atoms with Gasteiger partial charge < -0.3 is 0 Å². The second-order valence-electron chi connectivity index (χ2n) is 5.85. The highest BCUT2D eigenvalue weighted by Crippen LogP contribution is 2.31. The van der Waals surface area contributed by atoms with Gasteiger partial charge in [0.1, 0.15) is 0 Å². The molecular weight excluding hydrogens is 375 g/mol. The molecule has 0 bridgehead atoms. The van der Waals surface area contributed by atoms with Crippen LogP contribution in [0.3, 0.4) is 0 Å². The first-order valence-corrected chi connectivity index (χ1v) is 7.98. The van der Waals surface area contributed by atoms with Crippen LogP contribution < -0.4 is 0 Å². The molecule has 0 aliphatic rings. The molecule has 4 rings (SSSR count). The Bertz CT molecular complexity index is 1190. The summed E-state index contributed by atoms with van der Waals surface area (Å²) < 4.78 is 40.2.